The minimum Gasteiger partial charge on any atom is -0.378 e. The summed E-state index contributed by atoms with van der Waals surface area (Å²) in [7, 11) is 5.32. The first-order valence-corrected chi connectivity index (χ1v) is 7.37. The quantitative estimate of drug-likeness (QED) is 0.841. The molecule has 0 spiro atoms. The van der Waals surface area contributed by atoms with Crippen LogP contribution in [0, 0.1) is 0 Å². The van der Waals surface area contributed by atoms with Crippen molar-refractivity contribution in [3.8, 4) is 0 Å². The summed E-state index contributed by atoms with van der Waals surface area (Å²) < 4.78 is 38.3. The van der Waals surface area contributed by atoms with Gasteiger partial charge in [-0.1, -0.05) is 18.2 Å². The molecule has 0 saturated heterocycles. The molecule has 1 amide bonds. The van der Waals surface area contributed by atoms with Crippen LogP contribution in [0.2, 0.25) is 0 Å². The maximum atomic E-state index is 12.8. The molecule has 2 rings (SSSR count). The van der Waals surface area contributed by atoms with Crippen LogP contribution in [0.5, 0.6) is 0 Å². The van der Waals surface area contributed by atoms with E-state index < -0.39 is 11.7 Å². The summed E-state index contributed by atoms with van der Waals surface area (Å²) >= 11 is 0. The molecule has 0 heterocycles. The molecule has 0 aliphatic heterocycles. The molecule has 0 aromatic heterocycles. The first-order chi connectivity index (χ1) is 11.2. The molecule has 2 aromatic rings. The summed E-state index contributed by atoms with van der Waals surface area (Å²) in [5.74, 6) is -0.240. The van der Waals surface area contributed by atoms with Crippen molar-refractivity contribution >= 4 is 11.6 Å². The predicted molar refractivity (Wildman–Crippen MR) is 88.0 cm³/mol. The molecule has 0 aliphatic rings. The van der Waals surface area contributed by atoms with Crippen molar-refractivity contribution in [3.63, 3.8) is 0 Å². The van der Waals surface area contributed by atoms with Crippen LogP contribution < -0.4 is 4.90 Å². The number of carbonyl (C=O) groups excluding carboxylic acids is 1. The Bertz CT molecular complexity index is 726. The Morgan fingerprint density at radius 1 is 1.00 bits per heavy atom. The van der Waals surface area contributed by atoms with Gasteiger partial charge in [0.15, 0.2) is 0 Å². The van der Waals surface area contributed by atoms with Crippen molar-refractivity contribution in [1.29, 1.82) is 0 Å². The molecule has 3 nitrogen and oxygen atoms in total. The number of hydrogen-bond acceptors (Lipinski definition) is 2. The summed E-state index contributed by atoms with van der Waals surface area (Å²) in [6.45, 7) is 0.106. The van der Waals surface area contributed by atoms with Gasteiger partial charge in [-0.15, -0.1) is 0 Å². The van der Waals surface area contributed by atoms with Crippen LogP contribution in [-0.2, 0) is 12.7 Å². The number of halogens is 3. The van der Waals surface area contributed by atoms with Gasteiger partial charge >= 0.3 is 6.18 Å². The van der Waals surface area contributed by atoms with Gasteiger partial charge in [0, 0.05) is 38.9 Å². The molecule has 0 radical (unpaired) electrons. The van der Waals surface area contributed by atoms with Crippen molar-refractivity contribution in [3.05, 3.63) is 65.2 Å². The first-order valence-electron chi connectivity index (χ1n) is 7.37. The summed E-state index contributed by atoms with van der Waals surface area (Å²) in [6.07, 6.45) is -4.39. The lowest BCUT2D eigenvalue weighted by atomic mass is 10.1. The van der Waals surface area contributed by atoms with Crippen LogP contribution in [0.15, 0.2) is 48.5 Å². The zero-order chi connectivity index (χ0) is 17.9. The van der Waals surface area contributed by atoms with Gasteiger partial charge in [0.2, 0.25) is 0 Å². The van der Waals surface area contributed by atoms with E-state index in [4.69, 9.17) is 0 Å². The highest BCUT2D eigenvalue weighted by Gasteiger charge is 2.30. The third-order valence-electron chi connectivity index (χ3n) is 3.63. The van der Waals surface area contributed by atoms with Gasteiger partial charge in [0.1, 0.15) is 0 Å². The molecule has 6 heteroatoms. The van der Waals surface area contributed by atoms with Crippen LogP contribution in [0.3, 0.4) is 0 Å². The number of benzene rings is 2. The summed E-state index contributed by atoms with van der Waals surface area (Å²) in [5.41, 5.74) is 1.10. The molecule has 0 N–H and O–H groups in total. The van der Waals surface area contributed by atoms with Crippen LogP contribution in [0.25, 0.3) is 0 Å². The fourth-order valence-corrected chi connectivity index (χ4v) is 2.33. The maximum absolute atomic E-state index is 12.8. The average Bonchev–Trinajstić information content (AvgIpc) is 2.53. The van der Waals surface area contributed by atoms with Gasteiger partial charge in [-0.2, -0.15) is 13.2 Å². The van der Waals surface area contributed by atoms with E-state index in [9.17, 15) is 18.0 Å². The monoisotopic (exact) mass is 336 g/mol. The standard InChI is InChI=1S/C18H19F3N2O/c1-22(2)16-9-5-7-14(11-16)17(24)23(3)12-13-6-4-8-15(10-13)18(19,20)21/h4-11H,12H2,1-3H3. The number of alkyl halides is 3. The second kappa shape index (κ2) is 6.95. The van der Waals surface area contributed by atoms with E-state index in [1.54, 1.807) is 31.3 Å². The van der Waals surface area contributed by atoms with Gasteiger partial charge in [-0.05, 0) is 35.9 Å². The highest BCUT2D eigenvalue weighted by atomic mass is 19.4. The van der Waals surface area contributed by atoms with Crippen LogP contribution >= 0.6 is 0 Å². The molecule has 0 bridgehead atoms. The Balaban J connectivity index is 2.16. The molecule has 2 aromatic carbocycles. The van der Waals surface area contributed by atoms with E-state index >= 15 is 0 Å². The van der Waals surface area contributed by atoms with E-state index in [-0.39, 0.29) is 12.5 Å². The summed E-state index contributed by atoms with van der Waals surface area (Å²) in [4.78, 5) is 15.8. The van der Waals surface area contributed by atoms with Crippen LogP contribution in [-0.4, -0.2) is 32.0 Å². The van der Waals surface area contributed by atoms with E-state index in [1.165, 1.54) is 11.0 Å². The minimum atomic E-state index is -4.39. The lowest BCUT2D eigenvalue weighted by molar-refractivity contribution is -0.137. The number of anilines is 1. The van der Waals surface area contributed by atoms with E-state index in [1.807, 2.05) is 25.1 Å². The SMILES string of the molecule is CN(Cc1cccc(C(F)(F)F)c1)C(=O)c1cccc(N(C)C)c1. The largest absolute Gasteiger partial charge is 0.416 e. The lowest BCUT2D eigenvalue weighted by Crippen LogP contribution is -2.26. The van der Waals surface area contributed by atoms with E-state index in [0.717, 1.165) is 17.8 Å². The number of carbonyl (C=O) groups is 1. The Hall–Kier alpha value is -2.50. The lowest BCUT2D eigenvalue weighted by Gasteiger charge is -2.19. The third kappa shape index (κ3) is 4.28. The topological polar surface area (TPSA) is 23.6 Å². The highest BCUT2D eigenvalue weighted by molar-refractivity contribution is 5.95. The third-order valence-corrected chi connectivity index (χ3v) is 3.63. The molecule has 0 saturated carbocycles. The molecule has 0 atom stereocenters. The fourth-order valence-electron chi connectivity index (χ4n) is 2.33. The van der Waals surface area contributed by atoms with Crippen LogP contribution in [0.4, 0.5) is 18.9 Å². The normalized spacial score (nSPS) is 11.2. The summed E-state index contributed by atoms with van der Waals surface area (Å²) in [5, 5.41) is 0. The Morgan fingerprint density at radius 3 is 2.29 bits per heavy atom. The van der Waals surface area contributed by atoms with Crippen molar-refractivity contribution in [2.24, 2.45) is 0 Å². The Kier molecular flexibility index (Phi) is 5.17. The minimum absolute atomic E-state index is 0.106. The van der Waals surface area contributed by atoms with Gasteiger partial charge < -0.3 is 9.80 Å². The first kappa shape index (κ1) is 17.8. The molecule has 24 heavy (non-hydrogen) atoms. The smallest absolute Gasteiger partial charge is 0.378 e. The zero-order valence-corrected chi connectivity index (χ0v) is 13.8. The van der Waals surface area contributed by atoms with E-state index in [2.05, 4.69) is 0 Å². The average molecular weight is 336 g/mol. The second-order valence-electron chi connectivity index (χ2n) is 5.80. The van der Waals surface area contributed by atoms with Gasteiger partial charge in [-0.3, -0.25) is 4.79 Å². The molecular weight excluding hydrogens is 317 g/mol. The van der Waals surface area contributed by atoms with Gasteiger partial charge in [0.25, 0.3) is 5.91 Å². The highest BCUT2D eigenvalue weighted by Crippen LogP contribution is 2.29. The van der Waals surface area contributed by atoms with Gasteiger partial charge in [-0.25, -0.2) is 0 Å². The molecule has 0 fully saturated rings. The van der Waals surface area contributed by atoms with Gasteiger partial charge in [0.05, 0.1) is 5.56 Å². The summed E-state index contributed by atoms with van der Waals surface area (Å²) in [6, 6.07) is 12.1. The van der Waals surface area contributed by atoms with Crippen molar-refractivity contribution in [1.82, 2.24) is 4.90 Å². The second-order valence-corrected chi connectivity index (χ2v) is 5.80. The van der Waals surface area contributed by atoms with Crippen molar-refractivity contribution in [2.45, 2.75) is 12.7 Å². The Morgan fingerprint density at radius 2 is 1.67 bits per heavy atom. The fraction of sp³-hybridized carbons (Fsp3) is 0.278. The van der Waals surface area contributed by atoms with Crippen molar-refractivity contribution in [2.75, 3.05) is 26.0 Å². The Labute approximate surface area is 139 Å². The van der Waals surface area contributed by atoms with Crippen molar-refractivity contribution < 1.29 is 18.0 Å². The molecule has 0 aliphatic carbocycles. The maximum Gasteiger partial charge on any atom is 0.416 e. The number of hydrogen-bond donors (Lipinski definition) is 0. The number of rotatable bonds is 4. The predicted octanol–water partition coefficient (Wildman–Crippen LogP) is 4.04. The van der Waals surface area contributed by atoms with Crippen LogP contribution in [0.1, 0.15) is 21.5 Å². The zero-order valence-electron chi connectivity index (χ0n) is 13.8. The van der Waals surface area contributed by atoms with E-state index in [0.29, 0.717) is 11.1 Å². The molecular formula is C18H19F3N2O. The number of amides is 1. The number of nitrogens with zero attached hydrogens (tertiary/aromatic N) is 2. The molecule has 128 valence electrons. The molecule has 0 unspecified atom stereocenters.